The molecular weight excluding hydrogens is 435 g/mol. The fraction of sp³-hybridized carbons (Fsp3) is 0.111. The average molecular weight is 451 g/mol. The molecule has 0 spiro atoms. The lowest BCUT2D eigenvalue weighted by Gasteiger charge is -2.06. The van der Waals surface area contributed by atoms with Crippen LogP contribution in [-0.2, 0) is 0 Å². The predicted molar refractivity (Wildman–Crippen MR) is 114 cm³/mol. The number of hydrogen-bond donors (Lipinski definition) is 3. The SMILES string of the molecule is COc1cc(/C=N/Nc2nncn2/N=C/c2cc(Cl)c(O)c(OC)c2)cc(Cl)c1O. The lowest BCUT2D eigenvalue weighted by atomic mass is 10.2. The molecule has 0 unspecified atom stereocenters. The maximum Gasteiger partial charge on any atom is 0.265 e. The van der Waals surface area contributed by atoms with Gasteiger partial charge in [-0.3, -0.25) is 0 Å². The highest BCUT2D eigenvalue weighted by atomic mass is 35.5. The highest BCUT2D eigenvalue weighted by molar-refractivity contribution is 6.32. The molecular formula is C18H16Cl2N6O4. The number of phenols is 2. The highest BCUT2D eigenvalue weighted by Gasteiger charge is 2.09. The molecule has 0 saturated carbocycles. The van der Waals surface area contributed by atoms with Crippen molar-refractivity contribution in [2.75, 3.05) is 19.6 Å². The van der Waals surface area contributed by atoms with Crippen LogP contribution in [0.3, 0.4) is 0 Å². The Kier molecular flexibility index (Phi) is 6.60. The Bertz CT molecular complexity index is 1120. The van der Waals surface area contributed by atoms with Gasteiger partial charge in [-0.2, -0.15) is 14.9 Å². The number of halogens is 2. The Labute approximate surface area is 181 Å². The predicted octanol–water partition coefficient (Wildman–Crippen LogP) is 3.34. The van der Waals surface area contributed by atoms with Gasteiger partial charge in [-0.05, 0) is 35.4 Å². The topological polar surface area (TPSA) is 126 Å². The molecule has 10 nitrogen and oxygen atoms in total. The van der Waals surface area contributed by atoms with E-state index in [0.717, 1.165) is 0 Å². The minimum atomic E-state index is -0.150. The van der Waals surface area contributed by atoms with Crippen molar-refractivity contribution >= 4 is 41.6 Å². The van der Waals surface area contributed by atoms with Gasteiger partial charge in [-0.1, -0.05) is 23.2 Å². The molecule has 1 aromatic heterocycles. The first-order valence-corrected chi connectivity index (χ1v) is 9.05. The fourth-order valence-electron chi connectivity index (χ4n) is 2.33. The summed E-state index contributed by atoms with van der Waals surface area (Å²) in [6, 6.07) is 6.19. The summed E-state index contributed by atoms with van der Waals surface area (Å²) in [6.45, 7) is 0. The minimum absolute atomic E-state index is 0.130. The molecule has 3 N–H and O–H groups in total. The molecule has 0 aliphatic carbocycles. The summed E-state index contributed by atoms with van der Waals surface area (Å²) in [5.41, 5.74) is 3.87. The average Bonchev–Trinajstić information content (AvgIpc) is 3.18. The number of hydrazone groups is 1. The molecule has 0 amide bonds. The lowest BCUT2D eigenvalue weighted by molar-refractivity contribution is 0.373. The zero-order valence-corrected chi connectivity index (χ0v) is 17.3. The fourth-order valence-corrected chi connectivity index (χ4v) is 2.77. The summed E-state index contributed by atoms with van der Waals surface area (Å²) < 4.78 is 11.5. The Morgan fingerprint density at radius 2 is 1.53 bits per heavy atom. The molecule has 1 heterocycles. The van der Waals surface area contributed by atoms with Gasteiger partial charge in [0.25, 0.3) is 5.95 Å². The quantitative estimate of drug-likeness (QED) is 0.372. The Morgan fingerprint density at radius 1 is 0.967 bits per heavy atom. The van der Waals surface area contributed by atoms with Crippen molar-refractivity contribution in [1.82, 2.24) is 14.9 Å². The number of aromatic nitrogens is 3. The highest BCUT2D eigenvalue weighted by Crippen LogP contribution is 2.35. The van der Waals surface area contributed by atoms with Crippen LogP contribution in [0.15, 0.2) is 40.8 Å². The van der Waals surface area contributed by atoms with E-state index in [1.54, 1.807) is 12.1 Å². The summed E-state index contributed by atoms with van der Waals surface area (Å²) in [5, 5.41) is 35.8. The zero-order chi connectivity index (χ0) is 21.7. The third-order valence-electron chi connectivity index (χ3n) is 3.78. The van der Waals surface area contributed by atoms with Crippen LogP contribution in [0.2, 0.25) is 10.0 Å². The molecule has 12 heteroatoms. The van der Waals surface area contributed by atoms with Gasteiger partial charge in [-0.15, -0.1) is 10.2 Å². The lowest BCUT2D eigenvalue weighted by Crippen LogP contribution is -1.99. The van der Waals surface area contributed by atoms with E-state index in [4.69, 9.17) is 32.7 Å². The third-order valence-corrected chi connectivity index (χ3v) is 4.36. The largest absolute Gasteiger partial charge is 0.503 e. The number of hydrogen-bond acceptors (Lipinski definition) is 9. The monoisotopic (exact) mass is 450 g/mol. The van der Waals surface area contributed by atoms with Crippen molar-refractivity contribution in [1.29, 1.82) is 0 Å². The van der Waals surface area contributed by atoms with Gasteiger partial charge in [0.2, 0.25) is 0 Å². The molecule has 0 radical (unpaired) electrons. The molecule has 30 heavy (non-hydrogen) atoms. The second kappa shape index (κ2) is 9.33. The zero-order valence-electron chi connectivity index (χ0n) is 15.7. The normalized spacial score (nSPS) is 11.3. The molecule has 3 aromatic rings. The number of aromatic hydroxyl groups is 2. The van der Waals surface area contributed by atoms with Crippen LogP contribution in [-0.4, -0.2) is 51.7 Å². The van der Waals surface area contributed by atoms with Crippen LogP contribution in [0.5, 0.6) is 23.0 Å². The molecule has 3 rings (SSSR count). The Hall–Kier alpha value is -3.50. The smallest absolute Gasteiger partial charge is 0.265 e. The molecule has 0 saturated heterocycles. The first-order valence-electron chi connectivity index (χ1n) is 8.29. The molecule has 0 atom stereocenters. The van der Waals surface area contributed by atoms with Crippen molar-refractivity contribution in [3.63, 3.8) is 0 Å². The maximum absolute atomic E-state index is 9.79. The van der Waals surface area contributed by atoms with Crippen LogP contribution in [0.25, 0.3) is 0 Å². The molecule has 0 aliphatic heterocycles. The van der Waals surface area contributed by atoms with Gasteiger partial charge in [0, 0.05) is 0 Å². The van der Waals surface area contributed by atoms with Crippen LogP contribution < -0.4 is 14.9 Å². The molecule has 2 aromatic carbocycles. The number of benzene rings is 2. The van der Waals surface area contributed by atoms with Crippen LogP contribution in [0, 0.1) is 0 Å². The number of anilines is 1. The maximum atomic E-state index is 9.79. The second-order valence-corrected chi connectivity index (χ2v) is 6.54. The first-order chi connectivity index (χ1) is 14.4. The number of ether oxygens (including phenoxy) is 2. The van der Waals surface area contributed by atoms with Gasteiger partial charge in [-0.25, -0.2) is 5.43 Å². The van der Waals surface area contributed by atoms with E-state index < -0.39 is 0 Å². The standard InChI is InChI=1S/C18H16Cl2N6O4/c1-29-14-5-10(3-12(19)16(14)27)7-21-24-18-25-22-9-26(18)23-8-11-4-13(20)17(28)15(6-11)30-2/h3-9,27-28H,1-2H3,(H,24,25)/b21-7+,23-8+. The summed E-state index contributed by atoms with van der Waals surface area (Å²) in [5.74, 6) is 0.377. The molecule has 0 aliphatic rings. The van der Waals surface area contributed by atoms with E-state index in [0.29, 0.717) is 11.1 Å². The number of rotatable bonds is 7. The van der Waals surface area contributed by atoms with Gasteiger partial charge < -0.3 is 19.7 Å². The van der Waals surface area contributed by atoms with Crippen molar-refractivity contribution < 1.29 is 19.7 Å². The van der Waals surface area contributed by atoms with E-state index in [1.165, 1.54) is 49.8 Å². The van der Waals surface area contributed by atoms with Crippen molar-refractivity contribution in [2.45, 2.75) is 0 Å². The van der Waals surface area contributed by atoms with E-state index in [2.05, 4.69) is 25.8 Å². The summed E-state index contributed by atoms with van der Waals surface area (Å²) >= 11 is 11.9. The van der Waals surface area contributed by atoms with E-state index in [9.17, 15) is 10.2 Å². The Balaban J connectivity index is 1.75. The van der Waals surface area contributed by atoms with Crippen molar-refractivity contribution in [2.24, 2.45) is 10.2 Å². The molecule has 0 bridgehead atoms. The van der Waals surface area contributed by atoms with Crippen LogP contribution >= 0.6 is 23.2 Å². The molecule has 0 fully saturated rings. The summed E-state index contributed by atoms with van der Waals surface area (Å²) in [7, 11) is 2.84. The van der Waals surface area contributed by atoms with E-state index >= 15 is 0 Å². The van der Waals surface area contributed by atoms with Gasteiger partial charge in [0.15, 0.2) is 23.0 Å². The van der Waals surface area contributed by atoms with E-state index in [-0.39, 0.29) is 39.0 Å². The minimum Gasteiger partial charge on any atom is -0.503 e. The third kappa shape index (κ3) is 4.73. The second-order valence-electron chi connectivity index (χ2n) is 5.72. The Morgan fingerprint density at radius 3 is 2.10 bits per heavy atom. The van der Waals surface area contributed by atoms with Gasteiger partial charge in [0.1, 0.15) is 6.33 Å². The van der Waals surface area contributed by atoms with Crippen molar-refractivity contribution in [3.05, 3.63) is 51.8 Å². The van der Waals surface area contributed by atoms with Crippen molar-refractivity contribution in [3.8, 4) is 23.0 Å². The van der Waals surface area contributed by atoms with E-state index in [1.807, 2.05) is 0 Å². The number of nitrogens with one attached hydrogen (secondary N) is 1. The number of methoxy groups -OCH3 is 2. The summed E-state index contributed by atoms with van der Waals surface area (Å²) in [4.78, 5) is 0. The van der Waals surface area contributed by atoms with Crippen LogP contribution in [0.1, 0.15) is 11.1 Å². The van der Waals surface area contributed by atoms with Gasteiger partial charge in [0.05, 0.1) is 36.7 Å². The number of nitrogens with zero attached hydrogens (tertiary/aromatic N) is 5. The molecule has 156 valence electrons. The summed E-state index contributed by atoms with van der Waals surface area (Å²) in [6.07, 6.45) is 4.31. The first kappa shape index (κ1) is 21.2. The number of phenolic OH excluding ortho intramolecular Hbond substituents is 2. The van der Waals surface area contributed by atoms with Gasteiger partial charge >= 0.3 is 0 Å². The van der Waals surface area contributed by atoms with Crippen LogP contribution in [0.4, 0.5) is 5.95 Å².